The van der Waals surface area contributed by atoms with Crippen molar-refractivity contribution in [2.75, 3.05) is 0 Å². The van der Waals surface area contributed by atoms with Gasteiger partial charge in [-0.15, -0.1) is 0 Å². The van der Waals surface area contributed by atoms with Crippen LogP contribution in [-0.4, -0.2) is 23.0 Å². The maximum Gasteiger partial charge on any atom is 0.338 e. The molecule has 1 aliphatic heterocycles. The highest BCUT2D eigenvalue weighted by molar-refractivity contribution is 5.91. The SMILES string of the molecule is C[C@@H]1CCCC(=O)CCCCCc2ccc(O)cc2C(=O)O1. The first kappa shape index (κ1) is 16.5. The smallest absolute Gasteiger partial charge is 0.338 e. The molecule has 1 atom stereocenters. The molecular formula is C18H24O4. The third-order valence-corrected chi connectivity index (χ3v) is 4.09. The predicted molar refractivity (Wildman–Crippen MR) is 84.0 cm³/mol. The molecular weight excluding hydrogens is 280 g/mol. The highest BCUT2D eigenvalue weighted by atomic mass is 16.5. The summed E-state index contributed by atoms with van der Waals surface area (Å²) in [7, 11) is 0. The summed E-state index contributed by atoms with van der Waals surface area (Å²) in [6.07, 6.45) is 5.99. The monoisotopic (exact) mass is 304 g/mol. The number of hydrogen-bond acceptors (Lipinski definition) is 4. The number of Topliss-reactive ketones (excluding diaryl/α,β-unsaturated/α-hetero) is 1. The molecule has 2 rings (SSSR count). The van der Waals surface area contributed by atoms with E-state index in [4.69, 9.17) is 4.74 Å². The van der Waals surface area contributed by atoms with E-state index in [1.165, 1.54) is 6.07 Å². The molecule has 0 fully saturated rings. The molecule has 0 aromatic heterocycles. The number of ketones is 1. The Bertz CT molecular complexity index is 536. The van der Waals surface area contributed by atoms with Gasteiger partial charge in [-0.2, -0.15) is 0 Å². The van der Waals surface area contributed by atoms with Crippen molar-refractivity contribution in [1.29, 1.82) is 0 Å². The van der Waals surface area contributed by atoms with E-state index in [9.17, 15) is 14.7 Å². The minimum absolute atomic E-state index is 0.0788. The van der Waals surface area contributed by atoms with Crippen molar-refractivity contribution in [3.05, 3.63) is 29.3 Å². The maximum absolute atomic E-state index is 12.3. The van der Waals surface area contributed by atoms with E-state index in [0.29, 0.717) is 30.6 Å². The van der Waals surface area contributed by atoms with Crippen molar-refractivity contribution < 1.29 is 19.4 Å². The van der Waals surface area contributed by atoms with Crippen LogP contribution in [0.2, 0.25) is 0 Å². The van der Waals surface area contributed by atoms with Gasteiger partial charge in [0.25, 0.3) is 0 Å². The maximum atomic E-state index is 12.3. The molecule has 0 bridgehead atoms. The number of ether oxygens (including phenoxy) is 1. The van der Waals surface area contributed by atoms with Crippen LogP contribution in [0.3, 0.4) is 0 Å². The molecule has 1 aromatic rings. The summed E-state index contributed by atoms with van der Waals surface area (Å²) in [5.74, 6) is -0.00207. The fourth-order valence-electron chi connectivity index (χ4n) is 2.80. The number of phenols is 1. The Labute approximate surface area is 131 Å². The number of aromatic hydroxyl groups is 1. The van der Waals surface area contributed by atoms with E-state index in [2.05, 4.69) is 0 Å². The van der Waals surface area contributed by atoms with Gasteiger partial charge in [0.2, 0.25) is 0 Å². The lowest BCUT2D eigenvalue weighted by molar-refractivity contribution is -0.119. The van der Waals surface area contributed by atoms with Gasteiger partial charge in [-0.25, -0.2) is 4.79 Å². The lowest BCUT2D eigenvalue weighted by Crippen LogP contribution is -2.17. The average molecular weight is 304 g/mol. The highest BCUT2D eigenvalue weighted by Gasteiger charge is 2.17. The van der Waals surface area contributed by atoms with Crippen LogP contribution in [0.15, 0.2) is 18.2 Å². The van der Waals surface area contributed by atoms with Gasteiger partial charge >= 0.3 is 5.97 Å². The Morgan fingerprint density at radius 3 is 2.59 bits per heavy atom. The number of fused-ring (bicyclic) bond motifs is 1. The lowest BCUT2D eigenvalue weighted by atomic mass is 9.99. The standard InChI is InChI=1S/C18H24O4/c1-13-6-5-9-15(19)8-4-2-3-7-14-10-11-16(20)12-17(14)18(21)22-13/h10-13,20H,2-9H2,1H3/t13-/m1/s1. The van der Waals surface area contributed by atoms with Gasteiger partial charge < -0.3 is 9.84 Å². The van der Waals surface area contributed by atoms with Gasteiger partial charge in [-0.3, -0.25) is 4.79 Å². The zero-order valence-electron chi connectivity index (χ0n) is 13.1. The number of phenolic OH excluding ortho intramolecular Hbond substituents is 1. The molecule has 0 unspecified atom stereocenters. The van der Waals surface area contributed by atoms with Crippen molar-refractivity contribution in [3.8, 4) is 5.75 Å². The van der Waals surface area contributed by atoms with E-state index >= 15 is 0 Å². The van der Waals surface area contributed by atoms with Gasteiger partial charge in [0, 0.05) is 12.8 Å². The van der Waals surface area contributed by atoms with E-state index < -0.39 is 0 Å². The first-order valence-electron chi connectivity index (χ1n) is 8.11. The number of rotatable bonds is 0. The molecule has 0 radical (unpaired) electrons. The minimum Gasteiger partial charge on any atom is -0.508 e. The van der Waals surface area contributed by atoms with Crippen LogP contribution in [-0.2, 0) is 16.0 Å². The third kappa shape index (κ3) is 4.86. The van der Waals surface area contributed by atoms with Crippen LogP contribution in [0.4, 0.5) is 0 Å². The summed E-state index contributed by atoms with van der Waals surface area (Å²) < 4.78 is 5.45. The van der Waals surface area contributed by atoms with Gasteiger partial charge in [-0.05, 0) is 56.7 Å². The van der Waals surface area contributed by atoms with Gasteiger partial charge in [0.1, 0.15) is 11.5 Å². The van der Waals surface area contributed by atoms with Crippen molar-refractivity contribution in [1.82, 2.24) is 0 Å². The molecule has 0 saturated heterocycles. The summed E-state index contributed by atoms with van der Waals surface area (Å²) in [5.41, 5.74) is 1.36. The second kappa shape index (κ2) is 7.97. The number of aryl methyl sites for hydroxylation is 1. The topological polar surface area (TPSA) is 63.6 Å². The molecule has 0 amide bonds. The number of esters is 1. The second-order valence-electron chi connectivity index (χ2n) is 6.05. The Hall–Kier alpha value is -1.84. The predicted octanol–water partition coefficient (Wildman–Crippen LogP) is 3.79. The first-order valence-corrected chi connectivity index (χ1v) is 8.11. The van der Waals surface area contributed by atoms with E-state index in [-0.39, 0.29) is 17.8 Å². The summed E-state index contributed by atoms with van der Waals surface area (Å²) in [6, 6.07) is 4.87. The summed E-state index contributed by atoms with van der Waals surface area (Å²) in [5, 5.41) is 9.63. The van der Waals surface area contributed by atoms with E-state index in [1.807, 2.05) is 6.92 Å². The molecule has 1 N–H and O–H groups in total. The summed E-state index contributed by atoms with van der Waals surface area (Å²) >= 11 is 0. The van der Waals surface area contributed by atoms with Crippen LogP contribution in [0.5, 0.6) is 5.75 Å². The Kier molecular flexibility index (Phi) is 5.99. The molecule has 22 heavy (non-hydrogen) atoms. The molecule has 0 saturated carbocycles. The normalized spacial score (nSPS) is 21.6. The second-order valence-corrected chi connectivity index (χ2v) is 6.05. The van der Waals surface area contributed by atoms with Crippen molar-refractivity contribution in [2.45, 2.75) is 64.4 Å². The molecule has 0 aliphatic carbocycles. The van der Waals surface area contributed by atoms with Gasteiger partial charge in [0.15, 0.2) is 0 Å². The summed E-state index contributed by atoms with van der Waals surface area (Å²) in [6.45, 7) is 1.84. The van der Waals surface area contributed by atoms with Crippen LogP contribution < -0.4 is 0 Å². The molecule has 1 heterocycles. The fraction of sp³-hybridized carbons (Fsp3) is 0.556. The molecule has 120 valence electrons. The summed E-state index contributed by atoms with van der Waals surface area (Å²) in [4.78, 5) is 24.0. The zero-order valence-corrected chi connectivity index (χ0v) is 13.1. The minimum atomic E-state index is -0.387. The Morgan fingerprint density at radius 1 is 1.05 bits per heavy atom. The Balaban J connectivity index is 2.15. The molecule has 4 nitrogen and oxygen atoms in total. The largest absolute Gasteiger partial charge is 0.508 e. The molecule has 1 aliphatic rings. The van der Waals surface area contributed by atoms with Crippen LogP contribution >= 0.6 is 0 Å². The van der Waals surface area contributed by atoms with Gasteiger partial charge in [-0.1, -0.05) is 12.5 Å². The number of cyclic esters (lactones) is 1. The van der Waals surface area contributed by atoms with Crippen LogP contribution in [0, 0.1) is 0 Å². The van der Waals surface area contributed by atoms with Crippen molar-refractivity contribution in [3.63, 3.8) is 0 Å². The zero-order chi connectivity index (χ0) is 15.9. The first-order chi connectivity index (χ1) is 10.6. The van der Waals surface area contributed by atoms with Crippen molar-refractivity contribution in [2.24, 2.45) is 0 Å². The van der Waals surface area contributed by atoms with Gasteiger partial charge in [0.05, 0.1) is 11.7 Å². The number of hydrogen-bond donors (Lipinski definition) is 1. The number of carbonyl (C=O) groups excluding carboxylic acids is 2. The van der Waals surface area contributed by atoms with E-state index in [1.54, 1.807) is 12.1 Å². The third-order valence-electron chi connectivity index (χ3n) is 4.09. The molecule has 1 aromatic carbocycles. The lowest BCUT2D eigenvalue weighted by Gasteiger charge is -2.16. The van der Waals surface area contributed by atoms with Crippen LogP contribution in [0.1, 0.15) is 67.8 Å². The quantitative estimate of drug-likeness (QED) is 0.741. The average Bonchev–Trinajstić information content (AvgIpc) is 2.47. The molecule has 0 spiro atoms. The molecule has 4 heteroatoms. The van der Waals surface area contributed by atoms with Crippen LogP contribution in [0.25, 0.3) is 0 Å². The number of benzene rings is 1. The van der Waals surface area contributed by atoms with Crippen molar-refractivity contribution >= 4 is 11.8 Å². The Morgan fingerprint density at radius 2 is 1.77 bits per heavy atom. The van der Waals surface area contributed by atoms with E-state index in [0.717, 1.165) is 37.7 Å². The number of carbonyl (C=O) groups is 2. The highest BCUT2D eigenvalue weighted by Crippen LogP contribution is 2.22. The fourth-order valence-corrected chi connectivity index (χ4v) is 2.80.